The van der Waals surface area contributed by atoms with E-state index in [-0.39, 0.29) is 30.7 Å². The Morgan fingerprint density at radius 1 is 1.35 bits per heavy atom. The fraction of sp³-hybridized carbons (Fsp3) is 0.500. The molecular formula is C18H23N5O3. The maximum Gasteiger partial charge on any atom is 0.246 e. The molecule has 3 heterocycles. The number of rotatable bonds is 7. The molecule has 0 saturated carbocycles. The van der Waals surface area contributed by atoms with Gasteiger partial charge in [0.05, 0.1) is 12.5 Å². The highest BCUT2D eigenvalue weighted by Gasteiger charge is 2.36. The zero-order valence-electron chi connectivity index (χ0n) is 15.1. The van der Waals surface area contributed by atoms with Gasteiger partial charge in [0, 0.05) is 44.9 Å². The molecule has 2 amide bonds. The maximum absolute atomic E-state index is 12.8. The summed E-state index contributed by atoms with van der Waals surface area (Å²) in [4.78, 5) is 36.8. The lowest BCUT2D eigenvalue weighted by atomic mass is 10.1. The van der Waals surface area contributed by atoms with E-state index < -0.39 is 0 Å². The summed E-state index contributed by atoms with van der Waals surface area (Å²) in [5.41, 5.74) is 1.01. The van der Waals surface area contributed by atoms with E-state index in [0.717, 1.165) is 5.56 Å². The number of pyridine rings is 1. The molecule has 1 unspecified atom stereocenters. The van der Waals surface area contributed by atoms with Crippen LogP contribution in [0.3, 0.4) is 0 Å². The van der Waals surface area contributed by atoms with E-state index in [1.165, 1.54) is 0 Å². The number of carbonyl (C=O) groups excluding carboxylic acids is 2. The molecule has 8 heteroatoms. The fourth-order valence-electron chi connectivity index (χ4n) is 3.06. The van der Waals surface area contributed by atoms with E-state index in [0.29, 0.717) is 37.8 Å². The zero-order valence-corrected chi connectivity index (χ0v) is 15.1. The SMILES string of the molecule is CCc1noc(CN(CC)C(=O)C2CC(=O)N(Cc3ccncc3)C2)n1. The van der Waals surface area contributed by atoms with Gasteiger partial charge in [-0.25, -0.2) is 0 Å². The lowest BCUT2D eigenvalue weighted by molar-refractivity contribution is -0.136. The van der Waals surface area contributed by atoms with E-state index in [9.17, 15) is 9.59 Å². The van der Waals surface area contributed by atoms with Crippen molar-refractivity contribution < 1.29 is 14.1 Å². The van der Waals surface area contributed by atoms with Crippen LogP contribution in [0.4, 0.5) is 0 Å². The molecule has 0 radical (unpaired) electrons. The van der Waals surface area contributed by atoms with Gasteiger partial charge in [-0.05, 0) is 24.6 Å². The fourth-order valence-corrected chi connectivity index (χ4v) is 3.06. The third kappa shape index (κ3) is 4.07. The molecule has 1 aliphatic rings. The first-order valence-electron chi connectivity index (χ1n) is 8.87. The minimum atomic E-state index is -0.335. The minimum absolute atomic E-state index is 0.00211. The van der Waals surface area contributed by atoms with Crippen molar-refractivity contribution in [1.29, 1.82) is 0 Å². The van der Waals surface area contributed by atoms with Crippen molar-refractivity contribution in [3.8, 4) is 0 Å². The Balaban J connectivity index is 1.62. The first-order chi connectivity index (χ1) is 12.6. The van der Waals surface area contributed by atoms with Crippen LogP contribution < -0.4 is 0 Å². The summed E-state index contributed by atoms with van der Waals surface area (Å²) in [5.74, 6) is 0.674. The third-order valence-corrected chi connectivity index (χ3v) is 4.53. The van der Waals surface area contributed by atoms with Crippen molar-refractivity contribution >= 4 is 11.8 Å². The molecule has 2 aromatic heterocycles. The first kappa shape index (κ1) is 18.0. The summed E-state index contributed by atoms with van der Waals surface area (Å²) in [7, 11) is 0. The van der Waals surface area contributed by atoms with Crippen LogP contribution in [0.25, 0.3) is 0 Å². The lowest BCUT2D eigenvalue weighted by Crippen LogP contribution is -2.37. The second kappa shape index (κ2) is 8.07. The molecule has 0 N–H and O–H groups in total. The van der Waals surface area contributed by atoms with Gasteiger partial charge in [-0.3, -0.25) is 14.6 Å². The van der Waals surface area contributed by atoms with Gasteiger partial charge in [0.2, 0.25) is 17.7 Å². The number of nitrogens with zero attached hydrogens (tertiary/aromatic N) is 5. The van der Waals surface area contributed by atoms with Crippen LogP contribution in [0.2, 0.25) is 0 Å². The Morgan fingerprint density at radius 2 is 2.12 bits per heavy atom. The Kier molecular flexibility index (Phi) is 5.60. The number of aryl methyl sites for hydroxylation is 1. The summed E-state index contributed by atoms with van der Waals surface area (Å²) in [6.07, 6.45) is 4.33. The molecule has 0 aromatic carbocycles. The molecule has 26 heavy (non-hydrogen) atoms. The van der Waals surface area contributed by atoms with Crippen molar-refractivity contribution in [3.63, 3.8) is 0 Å². The van der Waals surface area contributed by atoms with E-state index in [2.05, 4.69) is 15.1 Å². The number of amides is 2. The van der Waals surface area contributed by atoms with Gasteiger partial charge in [-0.2, -0.15) is 4.98 Å². The molecule has 1 fully saturated rings. The first-order valence-corrected chi connectivity index (χ1v) is 8.87. The molecule has 3 rings (SSSR count). The van der Waals surface area contributed by atoms with Gasteiger partial charge >= 0.3 is 0 Å². The molecule has 1 atom stereocenters. The van der Waals surface area contributed by atoms with Gasteiger partial charge in [-0.15, -0.1) is 0 Å². The number of carbonyl (C=O) groups is 2. The second-order valence-corrected chi connectivity index (χ2v) is 6.34. The van der Waals surface area contributed by atoms with Crippen molar-refractivity contribution in [3.05, 3.63) is 41.8 Å². The molecule has 0 spiro atoms. The molecule has 0 bridgehead atoms. The smallest absolute Gasteiger partial charge is 0.246 e. The van der Waals surface area contributed by atoms with Crippen LogP contribution in [0.5, 0.6) is 0 Å². The van der Waals surface area contributed by atoms with Crippen molar-refractivity contribution in [1.82, 2.24) is 24.9 Å². The van der Waals surface area contributed by atoms with Crippen LogP contribution in [-0.4, -0.2) is 49.8 Å². The molecule has 138 valence electrons. The van der Waals surface area contributed by atoms with Crippen molar-refractivity contribution in [2.45, 2.75) is 39.8 Å². The molecule has 8 nitrogen and oxygen atoms in total. The third-order valence-electron chi connectivity index (χ3n) is 4.53. The maximum atomic E-state index is 12.8. The monoisotopic (exact) mass is 357 g/mol. The summed E-state index contributed by atoms with van der Waals surface area (Å²) in [6, 6.07) is 3.75. The van der Waals surface area contributed by atoms with Crippen LogP contribution in [0.1, 0.15) is 37.5 Å². The average Bonchev–Trinajstić information content (AvgIpc) is 3.27. The van der Waals surface area contributed by atoms with Crippen molar-refractivity contribution in [2.75, 3.05) is 13.1 Å². The molecule has 1 aliphatic heterocycles. The van der Waals surface area contributed by atoms with Crippen LogP contribution in [0.15, 0.2) is 29.0 Å². The van der Waals surface area contributed by atoms with Crippen molar-refractivity contribution in [2.24, 2.45) is 5.92 Å². The van der Waals surface area contributed by atoms with Crippen LogP contribution in [-0.2, 0) is 29.1 Å². The summed E-state index contributed by atoms with van der Waals surface area (Å²) in [6.45, 7) is 5.58. The predicted molar refractivity (Wildman–Crippen MR) is 92.5 cm³/mol. The largest absolute Gasteiger partial charge is 0.338 e. The number of aromatic nitrogens is 3. The van der Waals surface area contributed by atoms with E-state index >= 15 is 0 Å². The number of hydrogen-bond donors (Lipinski definition) is 0. The van der Waals surface area contributed by atoms with Gasteiger partial charge in [0.25, 0.3) is 0 Å². The summed E-state index contributed by atoms with van der Waals surface area (Å²) < 4.78 is 5.18. The highest BCUT2D eigenvalue weighted by molar-refractivity contribution is 5.89. The van der Waals surface area contributed by atoms with Crippen LogP contribution in [0, 0.1) is 5.92 Å². The van der Waals surface area contributed by atoms with E-state index in [1.807, 2.05) is 26.0 Å². The Hall–Kier alpha value is -2.77. The lowest BCUT2D eigenvalue weighted by Gasteiger charge is -2.22. The Labute approximate surface area is 152 Å². The highest BCUT2D eigenvalue weighted by Crippen LogP contribution is 2.22. The van der Waals surface area contributed by atoms with E-state index in [1.54, 1.807) is 22.2 Å². The number of likely N-dealkylation sites (tertiary alicyclic amines) is 1. The molecular weight excluding hydrogens is 334 g/mol. The summed E-state index contributed by atoms with van der Waals surface area (Å²) in [5, 5.41) is 3.86. The quantitative estimate of drug-likeness (QED) is 0.744. The molecule has 1 saturated heterocycles. The molecule has 0 aliphatic carbocycles. The topological polar surface area (TPSA) is 92.4 Å². The number of hydrogen-bond acceptors (Lipinski definition) is 6. The Morgan fingerprint density at radius 3 is 2.77 bits per heavy atom. The Bertz CT molecular complexity index is 761. The van der Waals surface area contributed by atoms with E-state index in [4.69, 9.17) is 4.52 Å². The minimum Gasteiger partial charge on any atom is -0.338 e. The average molecular weight is 357 g/mol. The predicted octanol–water partition coefficient (Wildman–Crippen LogP) is 1.42. The highest BCUT2D eigenvalue weighted by atomic mass is 16.5. The summed E-state index contributed by atoms with van der Waals surface area (Å²) >= 11 is 0. The zero-order chi connectivity index (χ0) is 18.5. The van der Waals surface area contributed by atoms with Gasteiger partial charge in [-0.1, -0.05) is 12.1 Å². The normalized spacial score (nSPS) is 16.9. The van der Waals surface area contributed by atoms with Gasteiger partial charge in [0.15, 0.2) is 5.82 Å². The second-order valence-electron chi connectivity index (χ2n) is 6.34. The van der Waals surface area contributed by atoms with Crippen LogP contribution >= 0.6 is 0 Å². The van der Waals surface area contributed by atoms with Gasteiger partial charge < -0.3 is 14.3 Å². The molecule has 2 aromatic rings. The van der Waals surface area contributed by atoms with Gasteiger partial charge in [0.1, 0.15) is 0 Å². The standard InChI is InChI=1S/C18H23N5O3/c1-3-15-20-16(26-21-15)12-22(4-2)18(25)14-9-17(24)23(11-14)10-13-5-7-19-8-6-13/h5-8,14H,3-4,9-12H2,1-2H3.